The second kappa shape index (κ2) is 16.1. The van der Waals surface area contributed by atoms with Crippen LogP contribution in [0.25, 0.3) is 0 Å². The molecule has 0 aliphatic rings. The summed E-state index contributed by atoms with van der Waals surface area (Å²) >= 11 is 0. The number of hydrogen-bond donors (Lipinski definition) is 0. The molecular weight excluding hydrogens is 604 g/mol. The van der Waals surface area contributed by atoms with Crippen molar-refractivity contribution in [3.8, 4) is 5.75 Å². The van der Waals surface area contributed by atoms with Crippen LogP contribution in [0.15, 0.2) is 109 Å². The van der Waals surface area contributed by atoms with E-state index in [0.717, 1.165) is 35.2 Å². The van der Waals surface area contributed by atoms with Crippen molar-refractivity contribution in [1.82, 2.24) is 0 Å². The zero-order valence-electron chi connectivity index (χ0n) is 23.6. The van der Waals surface area contributed by atoms with Crippen molar-refractivity contribution in [3.05, 3.63) is 120 Å². The molecule has 41 heavy (non-hydrogen) atoms. The molecule has 0 radical (unpaired) electrons. The fourth-order valence-corrected chi connectivity index (χ4v) is 9.66. The van der Waals surface area contributed by atoms with Gasteiger partial charge in [0.15, 0.2) is 0 Å². The third-order valence-corrected chi connectivity index (χ3v) is 11.8. The van der Waals surface area contributed by atoms with E-state index in [1.807, 2.05) is 54.6 Å². The molecule has 0 heterocycles. The highest BCUT2D eigenvalue weighted by Crippen LogP contribution is 2.60. The third kappa shape index (κ3) is 8.46. The van der Waals surface area contributed by atoms with Crippen LogP contribution in [0.3, 0.4) is 0 Å². The van der Waals surface area contributed by atoms with E-state index in [4.69, 9.17) is 4.74 Å². The first-order chi connectivity index (χ1) is 19.5. The molecular formula is C35H39BrF3OP. The Morgan fingerprint density at radius 2 is 1.05 bits per heavy atom. The normalized spacial score (nSPS) is 11.6. The van der Waals surface area contributed by atoms with E-state index < -0.39 is 19.0 Å². The topological polar surface area (TPSA) is 9.23 Å². The van der Waals surface area contributed by atoms with Gasteiger partial charge in [0.1, 0.15) is 35.1 Å². The molecule has 0 bridgehead atoms. The monoisotopic (exact) mass is 642 g/mol. The molecule has 0 saturated carbocycles. The lowest BCUT2D eigenvalue weighted by molar-refractivity contribution is -0.138. The molecule has 0 amide bonds. The molecule has 0 N–H and O–H groups in total. The summed E-state index contributed by atoms with van der Waals surface area (Å²) in [6.07, 6.45) is 3.59. The van der Waals surface area contributed by atoms with Crippen molar-refractivity contribution in [3.63, 3.8) is 0 Å². The van der Waals surface area contributed by atoms with Crippen molar-refractivity contribution in [2.45, 2.75) is 64.2 Å². The fourth-order valence-electron chi connectivity index (χ4n) is 5.38. The molecule has 0 spiro atoms. The molecule has 4 aromatic rings. The van der Waals surface area contributed by atoms with E-state index in [1.54, 1.807) is 6.07 Å². The van der Waals surface area contributed by atoms with Crippen LogP contribution in [-0.4, -0.2) is 6.61 Å². The van der Waals surface area contributed by atoms with E-state index in [-0.39, 0.29) is 28.7 Å². The van der Waals surface area contributed by atoms with E-state index in [0.29, 0.717) is 12.4 Å². The van der Waals surface area contributed by atoms with Gasteiger partial charge in [-0.2, -0.15) is 13.2 Å². The number of hydrogen-bond acceptors (Lipinski definition) is 1. The van der Waals surface area contributed by atoms with Crippen LogP contribution in [0.5, 0.6) is 5.75 Å². The SMILES string of the molecule is CCCCCCCCCOc1cccc(C(F)(F)F)c1C[P+](c1ccccc1)(c1ccccc1)c1ccccc1.[Br-]. The quantitative estimate of drug-likeness (QED) is 0.115. The Bertz CT molecular complexity index is 1200. The minimum atomic E-state index is -4.49. The maximum atomic E-state index is 14.6. The zero-order chi connectivity index (χ0) is 28.3. The first-order valence-corrected chi connectivity index (χ1v) is 16.3. The number of rotatable bonds is 14. The first-order valence-electron chi connectivity index (χ1n) is 14.3. The van der Waals surface area contributed by atoms with Gasteiger partial charge in [0, 0.05) is 5.56 Å². The standard InChI is InChI=1S/C35H39F3OP.BrH/c1-2-3-4-5-6-7-17-27-39-34-26-18-25-33(35(36,37)38)32(34)28-40(29-19-11-8-12-20-29,30-21-13-9-14-22-30)31-23-15-10-16-24-31;/h8-16,18-26H,2-7,17,27-28H2,1H3;1H/q+1;/p-1. The predicted molar refractivity (Wildman–Crippen MR) is 164 cm³/mol. The third-order valence-electron chi connectivity index (χ3n) is 7.43. The summed E-state index contributed by atoms with van der Waals surface area (Å²) in [6, 6.07) is 34.4. The van der Waals surface area contributed by atoms with Crippen molar-refractivity contribution < 1.29 is 34.9 Å². The Hall–Kier alpha value is -2.62. The molecule has 218 valence electrons. The Morgan fingerprint density at radius 1 is 0.585 bits per heavy atom. The Balaban J connectivity index is 0.00000462. The lowest BCUT2D eigenvalue weighted by Crippen LogP contribution is -3.00. The zero-order valence-corrected chi connectivity index (χ0v) is 26.1. The number of halogens is 4. The van der Waals surface area contributed by atoms with E-state index in [2.05, 4.69) is 43.3 Å². The average molecular weight is 644 g/mol. The molecule has 0 aliphatic carbocycles. The Morgan fingerprint density at radius 3 is 1.51 bits per heavy atom. The predicted octanol–water partition coefficient (Wildman–Crippen LogP) is 6.33. The highest BCUT2D eigenvalue weighted by Gasteiger charge is 2.48. The van der Waals surface area contributed by atoms with E-state index in [1.165, 1.54) is 37.8 Å². The maximum absolute atomic E-state index is 14.6. The Labute approximate surface area is 254 Å². The van der Waals surface area contributed by atoms with Crippen molar-refractivity contribution in [2.24, 2.45) is 0 Å². The molecule has 0 aromatic heterocycles. The average Bonchev–Trinajstić information content (AvgIpc) is 2.98. The summed E-state index contributed by atoms with van der Waals surface area (Å²) in [5, 5.41) is 3.13. The number of benzene rings is 4. The van der Waals surface area contributed by atoms with Crippen molar-refractivity contribution >= 4 is 23.2 Å². The van der Waals surface area contributed by atoms with Gasteiger partial charge in [0.05, 0.1) is 12.2 Å². The molecule has 4 aromatic carbocycles. The maximum Gasteiger partial charge on any atom is 0.416 e. The summed E-state index contributed by atoms with van der Waals surface area (Å²) in [4.78, 5) is 0. The van der Waals surface area contributed by atoms with Crippen LogP contribution >= 0.6 is 7.26 Å². The van der Waals surface area contributed by atoms with Gasteiger partial charge in [0.2, 0.25) is 0 Å². The second-order valence-corrected chi connectivity index (χ2v) is 13.7. The van der Waals surface area contributed by atoms with E-state index >= 15 is 0 Å². The summed E-state index contributed by atoms with van der Waals surface area (Å²) in [5.74, 6) is 0.341. The van der Waals surface area contributed by atoms with Gasteiger partial charge in [-0.1, -0.05) is 106 Å². The summed E-state index contributed by atoms with van der Waals surface area (Å²) < 4.78 is 49.8. The molecule has 0 atom stereocenters. The van der Waals surface area contributed by atoms with Crippen LogP contribution in [-0.2, 0) is 12.3 Å². The smallest absolute Gasteiger partial charge is 0.416 e. The van der Waals surface area contributed by atoms with Crippen molar-refractivity contribution in [1.29, 1.82) is 0 Å². The highest BCUT2D eigenvalue weighted by molar-refractivity contribution is 7.95. The molecule has 0 fully saturated rings. The highest BCUT2D eigenvalue weighted by atomic mass is 79.9. The van der Waals surface area contributed by atoms with Crippen LogP contribution in [0.2, 0.25) is 0 Å². The minimum absolute atomic E-state index is 0. The number of unbranched alkanes of at least 4 members (excludes halogenated alkanes) is 6. The molecule has 0 unspecified atom stereocenters. The fraction of sp³-hybridized carbons (Fsp3) is 0.314. The van der Waals surface area contributed by atoms with Gasteiger partial charge in [0.25, 0.3) is 0 Å². The molecule has 0 saturated heterocycles. The van der Waals surface area contributed by atoms with Gasteiger partial charge in [-0.05, 0) is 55.0 Å². The molecule has 4 rings (SSSR count). The van der Waals surface area contributed by atoms with Gasteiger partial charge in [-0.15, -0.1) is 0 Å². The summed E-state index contributed by atoms with van der Waals surface area (Å²) in [7, 11) is -2.54. The van der Waals surface area contributed by atoms with Gasteiger partial charge >= 0.3 is 6.18 Å². The second-order valence-electron chi connectivity index (χ2n) is 10.2. The van der Waals surface area contributed by atoms with Gasteiger partial charge in [-0.3, -0.25) is 0 Å². The van der Waals surface area contributed by atoms with Crippen LogP contribution in [0.1, 0.15) is 63.0 Å². The number of alkyl halides is 3. The lowest BCUT2D eigenvalue weighted by atomic mass is 10.1. The van der Waals surface area contributed by atoms with Crippen LogP contribution in [0.4, 0.5) is 13.2 Å². The van der Waals surface area contributed by atoms with E-state index in [9.17, 15) is 13.2 Å². The molecule has 6 heteroatoms. The Kier molecular flexibility index (Phi) is 12.9. The molecule has 1 nitrogen and oxygen atoms in total. The largest absolute Gasteiger partial charge is 1.00 e. The van der Waals surface area contributed by atoms with Crippen molar-refractivity contribution in [2.75, 3.05) is 6.61 Å². The van der Waals surface area contributed by atoms with Gasteiger partial charge in [-0.25, -0.2) is 0 Å². The van der Waals surface area contributed by atoms with Crippen LogP contribution in [0, 0.1) is 0 Å². The minimum Gasteiger partial charge on any atom is -1.00 e. The number of ether oxygens (including phenoxy) is 1. The lowest BCUT2D eigenvalue weighted by Gasteiger charge is -2.29. The molecule has 0 aliphatic heterocycles. The first kappa shape index (κ1) is 32.9. The summed E-state index contributed by atoms with van der Waals surface area (Å²) in [5.41, 5.74) is -0.375. The van der Waals surface area contributed by atoms with Crippen LogP contribution < -0.4 is 37.6 Å². The summed E-state index contributed by atoms with van der Waals surface area (Å²) in [6.45, 7) is 2.61. The van der Waals surface area contributed by atoms with Gasteiger partial charge < -0.3 is 21.7 Å².